The number of aromatic nitrogens is 4. The molecule has 1 aliphatic rings. The van der Waals surface area contributed by atoms with Crippen LogP contribution in [0.15, 0.2) is 71.6 Å². The van der Waals surface area contributed by atoms with Crippen molar-refractivity contribution in [2.75, 3.05) is 0 Å². The summed E-state index contributed by atoms with van der Waals surface area (Å²) >= 11 is 0. The molecule has 0 saturated carbocycles. The number of nitrogens with zero attached hydrogens (tertiary/aromatic N) is 4. The largest absolute Gasteiger partial charge is 0.508 e. The van der Waals surface area contributed by atoms with Crippen molar-refractivity contribution in [2.24, 2.45) is 0 Å². The van der Waals surface area contributed by atoms with Crippen molar-refractivity contribution in [3.63, 3.8) is 0 Å². The minimum atomic E-state index is -0.310. The zero-order chi connectivity index (χ0) is 21.7. The number of benzene rings is 2. The molecule has 2 aromatic carbocycles. The summed E-state index contributed by atoms with van der Waals surface area (Å²) in [5, 5.41) is 14.5. The Balaban J connectivity index is 1.45. The topological polar surface area (TPSA) is 94.9 Å². The second kappa shape index (κ2) is 7.12. The average molecular weight is 426 g/mol. The fourth-order valence-electron chi connectivity index (χ4n) is 4.02. The highest BCUT2D eigenvalue weighted by Crippen LogP contribution is 2.48. The van der Waals surface area contributed by atoms with E-state index in [1.54, 1.807) is 29.2 Å². The lowest BCUT2D eigenvalue weighted by Gasteiger charge is -2.26. The maximum atomic E-state index is 9.94. The number of phenols is 1. The zero-order valence-electron chi connectivity index (χ0n) is 17.1. The van der Waals surface area contributed by atoms with Crippen molar-refractivity contribution in [2.45, 2.75) is 19.4 Å². The van der Waals surface area contributed by atoms with Crippen molar-refractivity contribution >= 4 is 5.65 Å². The molecule has 0 spiro atoms. The van der Waals surface area contributed by atoms with Gasteiger partial charge in [-0.3, -0.25) is 0 Å². The lowest BCUT2D eigenvalue weighted by Crippen LogP contribution is -2.14. The predicted octanol–water partition coefficient (Wildman–Crippen LogP) is 4.60. The quantitative estimate of drug-likeness (QED) is 0.440. The molecule has 0 fully saturated rings. The van der Waals surface area contributed by atoms with Gasteiger partial charge < -0.3 is 19.0 Å². The molecule has 1 unspecified atom stereocenters. The van der Waals surface area contributed by atoms with Crippen LogP contribution in [0.1, 0.15) is 34.2 Å². The van der Waals surface area contributed by atoms with E-state index in [4.69, 9.17) is 18.9 Å². The van der Waals surface area contributed by atoms with Gasteiger partial charge in [-0.05, 0) is 36.8 Å². The van der Waals surface area contributed by atoms with Crippen molar-refractivity contribution in [1.82, 2.24) is 19.6 Å². The summed E-state index contributed by atoms with van der Waals surface area (Å²) < 4.78 is 19.3. The van der Waals surface area contributed by atoms with E-state index in [0.29, 0.717) is 23.1 Å². The molecule has 4 heterocycles. The van der Waals surface area contributed by atoms with Crippen molar-refractivity contribution in [1.29, 1.82) is 0 Å². The Kier molecular flexibility index (Phi) is 4.10. The number of aromatic hydroxyl groups is 1. The molecule has 5 aromatic rings. The first-order valence-electron chi connectivity index (χ1n) is 10.1. The van der Waals surface area contributed by atoms with Gasteiger partial charge in [-0.25, -0.2) is 14.5 Å². The van der Waals surface area contributed by atoms with Gasteiger partial charge in [-0.1, -0.05) is 24.3 Å². The van der Waals surface area contributed by atoms with Crippen LogP contribution in [-0.4, -0.2) is 24.7 Å². The average Bonchev–Trinajstić information content (AvgIpc) is 3.46. The van der Waals surface area contributed by atoms with Crippen molar-refractivity contribution in [3.05, 3.63) is 95.5 Å². The fourth-order valence-corrected chi connectivity index (χ4v) is 4.02. The maximum absolute atomic E-state index is 9.94. The number of fused-ring (bicyclic) bond motifs is 4. The van der Waals surface area contributed by atoms with E-state index in [1.165, 1.54) is 0 Å². The van der Waals surface area contributed by atoms with Gasteiger partial charge in [0.2, 0.25) is 5.88 Å². The minimum Gasteiger partial charge on any atom is -0.508 e. The van der Waals surface area contributed by atoms with Gasteiger partial charge in [0.1, 0.15) is 35.9 Å². The van der Waals surface area contributed by atoms with Gasteiger partial charge >= 0.3 is 0 Å². The molecule has 1 aliphatic heterocycles. The molecule has 8 nitrogen and oxygen atoms in total. The Morgan fingerprint density at radius 2 is 2.03 bits per heavy atom. The Morgan fingerprint density at radius 1 is 1.12 bits per heavy atom. The summed E-state index contributed by atoms with van der Waals surface area (Å²) in [5.41, 5.74) is 3.25. The van der Waals surface area contributed by atoms with Gasteiger partial charge in [0.15, 0.2) is 11.5 Å². The maximum Gasteiger partial charge on any atom is 0.228 e. The molecule has 1 atom stereocenters. The van der Waals surface area contributed by atoms with Crippen LogP contribution in [0.3, 0.4) is 0 Å². The monoisotopic (exact) mass is 426 g/mol. The number of rotatable bonds is 4. The highest BCUT2D eigenvalue weighted by Gasteiger charge is 2.35. The van der Waals surface area contributed by atoms with Gasteiger partial charge in [-0.2, -0.15) is 0 Å². The summed E-state index contributed by atoms with van der Waals surface area (Å²) in [6.07, 6.45) is 3.19. The first-order valence-corrected chi connectivity index (χ1v) is 10.1. The molecule has 32 heavy (non-hydrogen) atoms. The summed E-state index contributed by atoms with van der Waals surface area (Å²) in [6, 6.07) is 16.6. The third-order valence-corrected chi connectivity index (χ3v) is 5.51. The second-order valence-corrected chi connectivity index (χ2v) is 7.59. The van der Waals surface area contributed by atoms with Gasteiger partial charge in [0, 0.05) is 11.6 Å². The van der Waals surface area contributed by atoms with E-state index >= 15 is 0 Å². The van der Waals surface area contributed by atoms with Gasteiger partial charge in [0.05, 0.1) is 17.7 Å². The fraction of sp³-hybridized carbons (Fsp3) is 0.125. The third kappa shape index (κ3) is 2.96. The molecular formula is C24H18N4O4. The number of aryl methyl sites for hydroxylation is 1. The lowest BCUT2D eigenvalue weighted by atomic mass is 9.87. The van der Waals surface area contributed by atoms with Crippen molar-refractivity contribution in [3.8, 4) is 23.1 Å². The number of ether oxygens (including phenoxy) is 2. The summed E-state index contributed by atoms with van der Waals surface area (Å²) in [6.45, 7) is 2.21. The molecule has 0 aliphatic carbocycles. The highest BCUT2D eigenvalue weighted by molar-refractivity contribution is 5.65. The lowest BCUT2D eigenvalue weighted by molar-refractivity contribution is 0.294. The van der Waals surface area contributed by atoms with Gasteiger partial charge in [0.25, 0.3) is 0 Å². The van der Waals surface area contributed by atoms with E-state index in [2.05, 4.69) is 10.1 Å². The predicted molar refractivity (Wildman–Crippen MR) is 114 cm³/mol. The minimum absolute atomic E-state index is 0.115. The first-order chi connectivity index (χ1) is 15.7. The molecule has 8 heteroatoms. The van der Waals surface area contributed by atoms with Crippen LogP contribution in [0.5, 0.6) is 23.1 Å². The molecular weight excluding hydrogens is 408 g/mol. The number of para-hydroxylation sites is 1. The molecule has 158 valence electrons. The Labute approximate surface area is 182 Å². The SMILES string of the molecule is Cc1ccccc1OCc1nc2c3c(ncn2n1)Oc1cc(O)ccc1C3c1ccco1. The summed E-state index contributed by atoms with van der Waals surface area (Å²) in [4.78, 5) is 9.19. The zero-order valence-corrected chi connectivity index (χ0v) is 17.1. The summed E-state index contributed by atoms with van der Waals surface area (Å²) in [7, 11) is 0. The third-order valence-electron chi connectivity index (χ3n) is 5.51. The first kappa shape index (κ1) is 18.4. The molecule has 1 N–H and O–H groups in total. The van der Waals surface area contributed by atoms with Crippen LogP contribution < -0.4 is 9.47 Å². The van der Waals surface area contributed by atoms with Crippen LogP contribution in [0.4, 0.5) is 0 Å². The second-order valence-electron chi connectivity index (χ2n) is 7.59. The molecule has 6 rings (SSSR count). The van der Waals surface area contributed by atoms with E-state index in [0.717, 1.165) is 28.2 Å². The standard InChI is InChI=1S/C24H18N4O4/c1-14-5-2-3-6-17(14)31-12-20-26-23-22-21(18-7-4-10-30-18)16-9-8-15(29)11-19(16)32-24(22)25-13-28(23)27-20/h2-11,13,21,29H,12H2,1H3. The van der Waals surface area contributed by atoms with Crippen LogP contribution >= 0.6 is 0 Å². The number of hydrogen-bond donors (Lipinski definition) is 1. The molecule has 0 radical (unpaired) electrons. The van der Waals surface area contributed by atoms with Crippen LogP contribution in [0.2, 0.25) is 0 Å². The van der Waals surface area contributed by atoms with E-state index in [-0.39, 0.29) is 18.3 Å². The normalized spacial score (nSPS) is 14.6. The smallest absolute Gasteiger partial charge is 0.228 e. The Bertz CT molecular complexity index is 1440. The Morgan fingerprint density at radius 3 is 2.88 bits per heavy atom. The number of phenolic OH excluding ortho intramolecular Hbond substituents is 1. The Hall–Kier alpha value is -4.33. The van der Waals surface area contributed by atoms with Gasteiger partial charge in [-0.15, -0.1) is 5.10 Å². The molecule has 0 saturated heterocycles. The van der Waals surface area contributed by atoms with E-state index in [1.807, 2.05) is 49.4 Å². The summed E-state index contributed by atoms with van der Waals surface area (Å²) in [5.74, 6) is 2.76. The van der Waals surface area contributed by atoms with E-state index < -0.39 is 0 Å². The van der Waals surface area contributed by atoms with Crippen LogP contribution in [0.25, 0.3) is 5.65 Å². The van der Waals surface area contributed by atoms with Crippen LogP contribution in [0, 0.1) is 6.92 Å². The number of furan rings is 1. The number of hydrogen-bond acceptors (Lipinski definition) is 7. The highest BCUT2D eigenvalue weighted by atomic mass is 16.5. The van der Waals surface area contributed by atoms with Crippen molar-refractivity contribution < 1.29 is 19.0 Å². The van der Waals surface area contributed by atoms with Crippen LogP contribution in [-0.2, 0) is 6.61 Å². The van der Waals surface area contributed by atoms with E-state index in [9.17, 15) is 5.11 Å². The molecule has 0 bridgehead atoms. The molecule has 0 amide bonds. The molecule has 3 aromatic heterocycles.